The van der Waals surface area contributed by atoms with Crippen molar-refractivity contribution in [2.24, 2.45) is 0 Å². The lowest BCUT2D eigenvalue weighted by Crippen LogP contribution is -2.35. The molecule has 0 unspecified atom stereocenters. The summed E-state index contributed by atoms with van der Waals surface area (Å²) in [6, 6.07) is 4.47. The summed E-state index contributed by atoms with van der Waals surface area (Å²) in [5.41, 5.74) is 0.752. The van der Waals surface area contributed by atoms with Gasteiger partial charge in [0.1, 0.15) is 6.10 Å². The number of nitrogens with one attached hydrogen (secondary N) is 1. The van der Waals surface area contributed by atoms with Gasteiger partial charge in [0.25, 0.3) is 11.6 Å². The number of benzene rings is 1. The van der Waals surface area contributed by atoms with Crippen LogP contribution in [-0.4, -0.2) is 35.9 Å². The van der Waals surface area contributed by atoms with Crippen LogP contribution in [0.15, 0.2) is 18.2 Å². The minimum atomic E-state index is -0.482. The molecule has 23 heavy (non-hydrogen) atoms. The lowest BCUT2D eigenvalue weighted by atomic mass is 10.1. The van der Waals surface area contributed by atoms with Gasteiger partial charge in [-0.15, -0.1) is 0 Å². The van der Waals surface area contributed by atoms with Crippen LogP contribution >= 0.6 is 0 Å². The highest BCUT2D eigenvalue weighted by Crippen LogP contribution is 2.39. The van der Waals surface area contributed by atoms with Gasteiger partial charge in [0, 0.05) is 36.6 Å². The Labute approximate surface area is 134 Å². The van der Waals surface area contributed by atoms with Crippen molar-refractivity contribution in [2.75, 3.05) is 13.2 Å². The van der Waals surface area contributed by atoms with E-state index in [0.29, 0.717) is 18.7 Å². The van der Waals surface area contributed by atoms with E-state index in [9.17, 15) is 14.9 Å². The molecule has 1 amide bonds. The Morgan fingerprint density at radius 2 is 2.17 bits per heavy atom. The van der Waals surface area contributed by atoms with E-state index in [1.165, 1.54) is 6.07 Å². The zero-order valence-electron chi connectivity index (χ0n) is 13.0. The van der Waals surface area contributed by atoms with Crippen LogP contribution in [0, 0.1) is 17.0 Å². The van der Waals surface area contributed by atoms with Crippen molar-refractivity contribution in [1.29, 1.82) is 0 Å². The van der Waals surface area contributed by atoms with Gasteiger partial charge < -0.3 is 14.8 Å². The second kappa shape index (κ2) is 6.25. The monoisotopic (exact) mass is 320 g/mol. The average Bonchev–Trinajstić information content (AvgIpc) is 3.15. The van der Waals surface area contributed by atoms with Gasteiger partial charge >= 0.3 is 0 Å². The number of hydrogen-bond donors (Lipinski definition) is 1. The fourth-order valence-electron chi connectivity index (χ4n) is 3.15. The third-order valence-electron chi connectivity index (χ3n) is 4.44. The van der Waals surface area contributed by atoms with E-state index in [1.807, 2.05) is 0 Å². The predicted octanol–water partition coefficient (Wildman–Crippen LogP) is 2.32. The second-order valence-electron chi connectivity index (χ2n) is 6.14. The van der Waals surface area contributed by atoms with Crippen molar-refractivity contribution in [3.05, 3.63) is 39.4 Å². The molecule has 1 aromatic carbocycles. The zero-order valence-corrected chi connectivity index (χ0v) is 13.0. The van der Waals surface area contributed by atoms with Crippen LogP contribution < -0.4 is 5.32 Å². The van der Waals surface area contributed by atoms with Crippen LogP contribution in [-0.2, 0) is 9.47 Å². The number of aryl methyl sites for hydroxylation is 1. The molecule has 1 aliphatic heterocycles. The summed E-state index contributed by atoms with van der Waals surface area (Å²) in [5, 5.41) is 13.7. The van der Waals surface area contributed by atoms with Gasteiger partial charge in [-0.2, -0.15) is 0 Å². The summed E-state index contributed by atoms with van der Waals surface area (Å²) in [7, 11) is 0. The molecular formula is C16H20N2O5. The standard InChI is InChI=1S/C16H20N2O5/c1-11-4-5-12(8-14(11)18(20)21)15(19)17-9-13-10-22-16(23-13)6-2-3-7-16/h4-5,8,13H,2-3,6-7,9-10H2,1H3,(H,17,19)/t13-/m1/s1. The zero-order chi connectivity index (χ0) is 16.4. The van der Waals surface area contributed by atoms with Gasteiger partial charge in [0.15, 0.2) is 5.79 Å². The normalized spacial score (nSPS) is 22.4. The minimum absolute atomic E-state index is 0.0528. The first-order chi connectivity index (χ1) is 11.0. The fraction of sp³-hybridized carbons (Fsp3) is 0.562. The first-order valence-corrected chi connectivity index (χ1v) is 7.84. The predicted molar refractivity (Wildman–Crippen MR) is 82.2 cm³/mol. The van der Waals surface area contributed by atoms with Gasteiger partial charge in [0.05, 0.1) is 11.5 Å². The molecule has 1 saturated heterocycles. The second-order valence-corrected chi connectivity index (χ2v) is 6.14. The molecule has 2 aliphatic rings. The highest BCUT2D eigenvalue weighted by Gasteiger charge is 2.43. The third-order valence-corrected chi connectivity index (χ3v) is 4.44. The van der Waals surface area contributed by atoms with Crippen molar-refractivity contribution >= 4 is 11.6 Å². The number of rotatable bonds is 4. The molecule has 0 radical (unpaired) electrons. The van der Waals surface area contributed by atoms with E-state index in [1.54, 1.807) is 19.1 Å². The molecule has 2 fully saturated rings. The Morgan fingerprint density at radius 3 is 2.87 bits per heavy atom. The van der Waals surface area contributed by atoms with Crippen molar-refractivity contribution < 1.29 is 19.2 Å². The summed E-state index contributed by atoms with van der Waals surface area (Å²) in [6.07, 6.45) is 3.85. The molecule has 1 aliphatic carbocycles. The van der Waals surface area contributed by atoms with Crippen molar-refractivity contribution in [3.8, 4) is 0 Å². The van der Waals surface area contributed by atoms with Crippen LogP contribution in [0.25, 0.3) is 0 Å². The molecule has 1 spiro atoms. The summed E-state index contributed by atoms with van der Waals surface area (Å²) in [6.45, 7) is 2.45. The molecule has 3 rings (SSSR count). The number of nitro groups is 1. The van der Waals surface area contributed by atoms with Crippen LogP contribution in [0.4, 0.5) is 5.69 Å². The maximum Gasteiger partial charge on any atom is 0.273 e. The molecule has 1 heterocycles. The number of amides is 1. The largest absolute Gasteiger partial charge is 0.349 e. The van der Waals surface area contributed by atoms with E-state index in [4.69, 9.17) is 9.47 Å². The summed E-state index contributed by atoms with van der Waals surface area (Å²) in [4.78, 5) is 22.6. The smallest absolute Gasteiger partial charge is 0.273 e. The summed E-state index contributed by atoms with van der Waals surface area (Å²) >= 11 is 0. The molecular weight excluding hydrogens is 300 g/mol. The van der Waals surface area contributed by atoms with E-state index in [-0.39, 0.29) is 23.3 Å². The number of ether oxygens (including phenoxy) is 2. The maximum absolute atomic E-state index is 12.2. The lowest BCUT2D eigenvalue weighted by Gasteiger charge is -2.21. The van der Waals surface area contributed by atoms with Gasteiger partial charge in [-0.25, -0.2) is 0 Å². The Bertz CT molecular complexity index is 625. The van der Waals surface area contributed by atoms with Crippen LogP contribution in [0.1, 0.15) is 41.6 Å². The van der Waals surface area contributed by atoms with E-state index >= 15 is 0 Å². The highest BCUT2D eigenvalue weighted by atomic mass is 16.7. The molecule has 1 saturated carbocycles. The van der Waals surface area contributed by atoms with Gasteiger partial charge in [-0.3, -0.25) is 14.9 Å². The van der Waals surface area contributed by atoms with E-state index in [0.717, 1.165) is 25.7 Å². The van der Waals surface area contributed by atoms with E-state index < -0.39 is 10.7 Å². The summed E-state index contributed by atoms with van der Waals surface area (Å²) in [5.74, 6) is -0.790. The Balaban J connectivity index is 1.58. The van der Waals surface area contributed by atoms with Crippen molar-refractivity contribution in [3.63, 3.8) is 0 Å². The topological polar surface area (TPSA) is 90.7 Å². The number of carbonyl (C=O) groups excluding carboxylic acids is 1. The maximum atomic E-state index is 12.2. The third kappa shape index (κ3) is 3.35. The van der Waals surface area contributed by atoms with Crippen LogP contribution in [0.2, 0.25) is 0 Å². The van der Waals surface area contributed by atoms with Crippen LogP contribution in [0.5, 0.6) is 0 Å². The molecule has 7 nitrogen and oxygen atoms in total. The number of nitro benzene ring substituents is 1. The Hall–Kier alpha value is -1.99. The fourth-order valence-corrected chi connectivity index (χ4v) is 3.15. The molecule has 0 bridgehead atoms. The molecule has 124 valence electrons. The molecule has 1 atom stereocenters. The Kier molecular flexibility index (Phi) is 4.32. The minimum Gasteiger partial charge on any atom is -0.349 e. The highest BCUT2D eigenvalue weighted by molar-refractivity contribution is 5.95. The molecule has 1 N–H and O–H groups in total. The van der Waals surface area contributed by atoms with Gasteiger partial charge in [-0.1, -0.05) is 6.07 Å². The molecule has 0 aromatic heterocycles. The SMILES string of the molecule is Cc1ccc(C(=O)NC[C@@H]2COC3(CCCC3)O2)cc1[N+](=O)[O-]. The number of carbonyl (C=O) groups is 1. The summed E-state index contributed by atoms with van der Waals surface area (Å²) < 4.78 is 11.7. The van der Waals surface area contributed by atoms with Crippen molar-refractivity contribution in [1.82, 2.24) is 5.32 Å². The quantitative estimate of drug-likeness (QED) is 0.679. The first-order valence-electron chi connectivity index (χ1n) is 7.84. The number of hydrogen-bond acceptors (Lipinski definition) is 5. The average molecular weight is 320 g/mol. The van der Waals surface area contributed by atoms with Gasteiger partial charge in [-0.05, 0) is 25.8 Å². The number of nitrogens with zero attached hydrogens (tertiary/aromatic N) is 1. The van der Waals surface area contributed by atoms with Crippen LogP contribution in [0.3, 0.4) is 0 Å². The lowest BCUT2D eigenvalue weighted by molar-refractivity contribution is -0.385. The van der Waals surface area contributed by atoms with Crippen molar-refractivity contribution in [2.45, 2.75) is 44.5 Å². The molecule has 1 aromatic rings. The van der Waals surface area contributed by atoms with Gasteiger partial charge in [0.2, 0.25) is 0 Å². The first kappa shape index (κ1) is 15.9. The Morgan fingerprint density at radius 1 is 1.43 bits per heavy atom. The molecule has 7 heteroatoms. The van der Waals surface area contributed by atoms with E-state index in [2.05, 4.69) is 5.32 Å².